The third-order valence-corrected chi connectivity index (χ3v) is 6.14. The second-order valence-corrected chi connectivity index (χ2v) is 8.34. The maximum absolute atomic E-state index is 12.4. The van der Waals surface area contributed by atoms with E-state index in [4.69, 9.17) is 5.84 Å². The van der Waals surface area contributed by atoms with Gasteiger partial charge in [-0.05, 0) is 19.4 Å². The minimum absolute atomic E-state index is 0.103. The molecule has 0 spiro atoms. The van der Waals surface area contributed by atoms with Gasteiger partial charge in [-0.2, -0.15) is 5.10 Å². The molecule has 0 aliphatic rings. The molecule has 4 rings (SSSR count). The third-order valence-electron chi connectivity index (χ3n) is 5.20. The molecular formula is C23H25N7OS. The number of benzene rings is 2. The van der Waals surface area contributed by atoms with Crippen molar-refractivity contribution in [1.29, 1.82) is 0 Å². The van der Waals surface area contributed by atoms with Gasteiger partial charge >= 0.3 is 0 Å². The predicted molar refractivity (Wildman–Crippen MR) is 125 cm³/mol. The molecule has 32 heavy (non-hydrogen) atoms. The van der Waals surface area contributed by atoms with Crippen molar-refractivity contribution in [2.45, 2.75) is 32.1 Å². The van der Waals surface area contributed by atoms with Crippen LogP contribution in [0, 0.1) is 13.8 Å². The standard InChI is InChI=1S/C23H25N7OS/c1-16-20(17(2)29(28-16)14-18-9-5-3-6-10-18)13-25-21(31)15-32-23-27-26-22(30(23)24)19-11-7-4-8-12-19/h3-12H,13-15,24H2,1-2H3,(H,25,31). The summed E-state index contributed by atoms with van der Waals surface area (Å²) in [4.78, 5) is 12.4. The van der Waals surface area contributed by atoms with Crippen LogP contribution in [-0.2, 0) is 17.9 Å². The molecule has 0 bridgehead atoms. The average molecular weight is 448 g/mol. The number of nitrogens with two attached hydrogens (primary N) is 1. The van der Waals surface area contributed by atoms with E-state index in [1.54, 1.807) is 0 Å². The number of hydrogen-bond donors (Lipinski definition) is 2. The van der Waals surface area contributed by atoms with E-state index in [1.165, 1.54) is 22.0 Å². The number of amides is 1. The molecule has 0 aliphatic carbocycles. The molecule has 4 aromatic rings. The molecular weight excluding hydrogens is 422 g/mol. The van der Waals surface area contributed by atoms with Crippen LogP contribution in [0.5, 0.6) is 0 Å². The van der Waals surface area contributed by atoms with Gasteiger partial charge in [0.1, 0.15) is 0 Å². The van der Waals surface area contributed by atoms with Crippen LogP contribution in [0.1, 0.15) is 22.5 Å². The number of nitrogens with zero attached hydrogens (tertiary/aromatic N) is 5. The van der Waals surface area contributed by atoms with Crippen molar-refractivity contribution in [3.63, 3.8) is 0 Å². The smallest absolute Gasteiger partial charge is 0.230 e. The summed E-state index contributed by atoms with van der Waals surface area (Å²) in [6, 6.07) is 19.8. The van der Waals surface area contributed by atoms with E-state index in [2.05, 4.69) is 32.7 Å². The van der Waals surface area contributed by atoms with E-state index >= 15 is 0 Å². The van der Waals surface area contributed by atoms with Gasteiger partial charge in [-0.15, -0.1) is 10.2 Å². The Hall–Kier alpha value is -3.59. The molecule has 164 valence electrons. The highest BCUT2D eigenvalue weighted by Gasteiger charge is 2.15. The SMILES string of the molecule is Cc1nn(Cc2ccccc2)c(C)c1CNC(=O)CSc1nnc(-c2ccccc2)n1N. The summed E-state index contributed by atoms with van der Waals surface area (Å²) >= 11 is 1.25. The summed E-state index contributed by atoms with van der Waals surface area (Å²) in [5.41, 5.74) is 5.06. The maximum Gasteiger partial charge on any atom is 0.230 e. The van der Waals surface area contributed by atoms with Gasteiger partial charge in [0.25, 0.3) is 0 Å². The number of nitrogens with one attached hydrogen (secondary N) is 1. The maximum atomic E-state index is 12.4. The lowest BCUT2D eigenvalue weighted by Crippen LogP contribution is -2.25. The lowest BCUT2D eigenvalue weighted by molar-refractivity contribution is -0.118. The van der Waals surface area contributed by atoms with Crippen LogP contribution < -0.4 is 11.2 Å². The molecule has 0 saturated carbocycles. The zero-order chi connectivity index (χ0) is 22.5. The largest absolute Gasteiger partial charge is 0.351 e. The summed E-state index contributed by atoms with van der Waals surface area (Å²) in [5.74, 6) is 6.77. The van der Waals surface area contributed by atoms with E-state index in [1.807, 2.05) is 67.1 Å². The summed E-state index contributed by atoms with van der Waals surface area (Å²) in [6.45, 7) is 5.12. The normalized spacial score (nSPS) is 10.9. The summed E-state index contributed by atoms with van der Waals surface area (Å²) in [6.07, 6.45) is 0. The molecule has 8 nitrogen and oxygen atoms in total. The zero-order valence-corrected chi connectivity index (χ0v) is 18.8. The monoisotopic (exact) mass is 447 g/mol. The second kappa shape index (κ2) is 9.69. The highest BCUT2D eigenvalue weighted by molar-refractivity contribution is 7.99. The lowest BCUT2D eigenvalue weighted by atomic mass is 10.2. The Kier molecular flexibility index (Phi) is 6.55. The fourth-order valence-corrected chi connectivity index (χ4v) is 4.11. The minimum Gasteiger partial charge on any atom is -0.351 e. The van der Waals surface area contributed by atoms with Crippen molar-refractivity contribution < 1.29 is 4.79 Å². The molecule has 0 fully saturated rings. The van der Waals surface area contributed by atoms with Gasteiger partial charge in [0, 0.05) is 23.4 Å². The van der Waals surface area contributed by atoms with Crippen LogP contribution in [0.2, 0.25) is 0 Å². The zero-order valence-electron chi connectivity index (χ0n) is 18.0. The Bertz CT molecular complexity index is 1200. The Morgan fingerprint density at radius 3 is 2.44 bits per heavy atom. The number of aryl methyl sites for hydroxylation is 1. The second-order valence-electron chi connectivity index (χ2n) is 7.40. The van der Waals surface area contributed by atoms with E-state index in [-0.39, 0.29) is 11.7 Å². The summed E-state index contributed by atoms with van der Waals surface area (Å²) < 4.78 is 3.39. The van der Waals surface area contributed by atoms with Gasteiger partial charge in [-0.25, -0.2) is 4.68 Å². The molecule has 3 N–H and O–H groups in total. The van der Waals surface area contributed by atoms with Crippen LogP contribution in [0.25, 0.3) is 11.4 Å². The van der Waals surface area contributed by atoms with Crippen molar-refractivity contribution in [3.05, 3.63) is 83.2 Å². The van der Waals surface area contributed by atoms with Crippen LogP contribution in [0.3, 0.4) is 0 Å². The Morgan fingerprint density at radius 1 is 1.03 bits per heavy atom. The summed E-state index contributed by atoms with van der Waals surface area (Å²) in [7, 11) is 0. The molecule has 0 unspecified atom stereocenters. The molecule has 2 aromatic heterocycles. The first-order valence-electron chi connectivity index (χ1n) is 10.2. The highest BCUT2D eigenvalue weighted by Crippen LogP contribution is 2.21. The molecule has 1 amide bonds. The first kappa shape index (κ1) is 21.6. The fraction of sp³-hybridized carbons (Fsp3) is 0.217. The van der Waals surface area contributed by atoms with Crippen molar-refractivity contribution in [2.75, 3.05) is 11.6 Å². The summed E-state index contributed by atoms with van der Waals surface area (Å²) in [5, 5.41) is 16.4. The van der Waals surface area contributed by atoms with Crippen LogP contribution >= 0.6 is 11.8 Å². The van der Waals surface area contributed by atoms with Gasteiger partial charge in [0.15, 0.2) is 5.82 Å². The third kappa shape index (κ3) is 4.83. The minimum atomic E-state index is -0.103. The average Bonchev–Trinajstić information content (AvgIpc) is 3.30. The number of carbonyl (C=O) groups is 1. The molecule has 2 heterocycles. The van der Waals surface area contributed by atoms with Gasteiger partial charge in [0.2, 0.25) is 11.1 Å². The van der Waals surface area contributed by atoms with Crippen LogP contribution in [0.15, 0.2) is 65.8 Å². The van der Waals surface area contributed by atoms with Gasteiger partial charge < -0.3 is 11.2 Å². The number of aromatic nitrogens is 5. The van der Waals surface area contributed by atoms with Gasteiger partial charge in [-0.3, -0.25) is 9.48 Å². The molecule has 2 aromatic carbocycles. The van der Waals surface area contributed by atoms with Crippen LogP contribution in [-0.4, -0.2) is 36.3 Å². The number of carbonyl (C=O) groups excluding carboxylic acids is 1. The van der Waals surface area contributed by atoms with Crippen LogP contribution in [0.4, 0.5) is 0 Å². The van der Waals surface area contributed by atoms with Crippen molar-refractivity contribution in [3.8, 4) is 11.4 Å². The van der Waals surface area contributed by atoms with Gasteiger partial charge in [0.05, 0.1) is 18.0 Å². The predicted octanol–water partition coefficient (Wildman–Crippen LogP) is 2.93. The van der Waals surface area contributed by atoms with E-state index < -0.39 is 0 Å². The molecule has 0 aliphatic heterocycles. The Balaban J connectivity index is 1.34. The van der Waals surface area contributed by atoms with E-state index in [0.29, 0.717) is 24.1 Å². The number of nitrogen functional groups attached to an aromatic ring is 1. The van der Waals surface area contributed by atoms with Crippen molar-refractivity contribution in [1.82, 2.24) is 30.0 Å². The molecule has 0 saturated heterocycles. The first-order valence-corrected chi connectivity index (χ1v) is 11.2. The van der Waals surface area contributed by atoms with E-state index in [0.717, 1.165) is 22.5 Å². The van der Waals surface area contributed by atoms with Crippen molar-refractivity contribution in [2.24, 2.45) is 0 Å². The molecule has 0 atom stereocenters. The van der Waals surface area contributed by atoms with Gasteiger partial charge in [-0.1, -0.05) is 72.4 Å². The number of rotatable bonds is 8. The van der Waals surface area contributed by atoms with Crippen molar-refractivity contribution >= 4 is 17.7 Å². The highest BCUT2D eigenvalue weighted by atomic mass is 32.2. The van der Waals surface area contributed by atoms with E-state index in [9.17, 15) is 4.79 Å². The topological polar surface area (TPSA) is 104 Å². The molecule has 0 radical (unpaired) electrons. The number of hydrogen-bond acceptors (Lipinski definition) is 6. The lowest BCUT2D eigenvalue weighted by Gasteiger charge is -2.07. The quantitative estimate of drug-likeness (QED) is 0.318. The molecule has 9 heteroatoms. The Morgan fingerprint density at radius 2 is 1.72 bits per heavy atom. The number of thioether (sulfide) groups is 1. The fourth-order valence-electron chi connectivity index (χ4n) is 3.43. The Labute approximate surface area is 190 Å². The first-order chi connectivity index (χ1) is 15.5.